The van der Waals surface area contributed by atoms with Gasteiger partial charge in [0.15, 0.2) is 0 Å². The number of aliphatic hydroxyl groups is 1. The zero-order valence-electron chi connectivity index (χ0n) is 9.29. The van der Waals surface area contributed by atoms with Crippen LogP contribution < -0.4 is 0 Å². The van der Waals surface area contributed by atoms with E-state index in [-0.39, 0.29) is 17.4 Å². The van der Waals surface area contributed by atoms with Crippen LogP contribution in [0.1, 0.15) is 40.0 Å². The van der Waals surface area contributed by atoms with Crippen molar-refractivity contribution in [1.29, 1.82) is 0 Å². The number of fused-ring (bicyclic) bond motifs is 2. The maximum atomic E-state index is 11.4. The quantitative estimate of drug-likeness (QED) is 0.696. The summed E-state index contributed by atoms with van der Waals surface area (Å²) in [5, 5.41) is 9.99. The lowest BCUT2D eigenvalue weighted by atomic mass is 9.75. The van der Waals surface area contributed by atoms with Crippen LogP contribution in [-0.4, -0.2) is 17.0 Å². The molecule has 0 aliphatic heterocycles. The van der Waals surface area contributed by atoms with Gasteiger partial charge >= 0.3 is 0 Å². The molecule has 0 radical (unpaired) electrons. The lowest BCUT2D eigenvalue weighted by Gasteiger charge is -2.32. The summed E-state index contributed by atoms with van der Waals surface area (Å²) in [6.45, 7) is 6.61. The SMILES string of the molecule is CC(C)(C)CC1C2CC(=O)C(C2)C1O. The highest BCUT2D eigenvalue weighted by molar-refractivity contribution is 5.85. The Morgan fingerprint density at radius 3 is 2.50 bits per heavy atom. The molecule has 14 heavy (non-hydrogen) atoms. The summed E-state index contributed by atoms with van der Waals surface area (Å²) < 4.78 is 0. The number of carbonyl (C=O) groups excluding carboxylic acids is 1. The van der Waals surface area contributed by atoms with E-state index < -0.39 is 0 Å². The van der Waals surface area contributed by atoms with Gasteiger partial charge in [-0.1, -0.05) is 20.8 Å². The van der Waals surface area contributed by atoms with Gasteiger partial charge in [0.1, 0.15) is 5.78 Å². The highest BCUT2D eigenvalue weighted by Crippen LogP contribution is 2.50. The summed E-state index contributed by atoms with van der Waals surface area (Å²) in [6, 6.07) is 0. The minimum Gasteiger partial charge on any atom is -0.392 e. The zero-order chi connectivity index (χ0) is 10.5. The lowest BCUT2D eigenvalue weighted by Crippen LogP contribution is -2.34. The van der Waals surface area contributed by atoms with Crippen LogP contribution in [0, 0.1) is 23.2 Å². The fourth-order valence-electron chi connectivity index (χ4n) is 3.18. The molecule has 0 aromatic carbocycles. The Hall–Kier alpha value is -0.370. The van der Waals surface area contributed by atoms with Gasteiger partial charge in [0.25, 0.3) is 0 Å². The standard InChI is InChI=1S/C12H20O2/c1-12(2,3)6-9-7-4-8(11(9)14)10(13)5-7/h7-9,11,14H,4-6H2,1-3H3. The van der Waals surface area contributed by atoms with Gasteiger partial charge in [0, 0.05) is 12.3 Å². The van der Waals surface area contributed by atoms with Crippen LogP contribution >= 0.6 is 0 Å². The Bertz CT molecular complexity index is 250. The van der Waals surface area contributed by atoms with Crippen LogP contribution in [0.4, 0.5) is 0 Å². The van der Waals surface area contributed by atoms with Gasteiger partial charge < -0.3 is 5.11 Å². The van der Waals surface area contributed by atoms with Gasteiger partial charge in [-0.2, -0.15) is 0 Å². The molecular weight excluding hydrogens is 176 g/mol. The van der Waals surface area contributed by atoms with Crippen LogP contribution in [0.15, 0.2) is 0 Å². The average Bonchev–Trinajstić information content (AvgIpc) is 2.49. The molecule has 2 saturated carbocycles. The van der Waals surface area contributed by atoms with E-state index in [2.05, 4.69) is 20.8 Å². The number of carbonyl (C=O) groups is 1. The van der Waals surface area contributed by atoms with Gasteiger partial charge in [-0.3, -0.25) is 4.79 Å². The molecule has 80 valence electrons. The number of hydrogen-bond donors (Lipinski definition) is 1. The number of rotatable bonds is 1. The molecule has 0 saturated heterocycles. The minimum absolute atomic E-state index is 0.0210. The highest BCUT2D eigenvalue weighted by Gasteiger charge is 2.52. The monoisotopic (exact) mass is 196 g/mol. The Kier molecular flexibility index (Phi) is 2.22. The predicted octanol–water partition coefficient (Wildman–Crippen LogP) is 2.01. The number of aliphatic hydroxyl groups excluding tert-OH is 1. The van der Waals surface area contributed by atoms with E-state index in [1.807, 2.05) is 0 Å². The van der Waals surface area contributed by atoms with Crippen molar-refractivity contribution >= 4 is 5.78 Å². The van der Waals surface area contributed by atoms with Crippen molar-refractivity contribution in [3.63, 3.8) is 0 Å². The number of Topliss-reactive ketones (excluding diaryl/α,β-unsaturated/α-hetero) is 1. The zero-order valence-corrected chi connectivity index (χ0v) is 9.29. The molecule has 2 heteroatoms. The van der Waals surface area contributed by atoms with E-state index in [1.165, 1.54) is 0 Å². The molecule has 2 rings (SSSR count). The summed E-state index contributed by atoms with van der Waals surface area (Å²) in [7, 11) is 0. The first-order chi connectivity index (χ1) is 6.38. The third-order valence-electron chi connectivity index (χ3n) is 3.74. The summed E-state index contributed by atoms with van der Waals surface area (Å²) in [5.74, 6) is 1.12. The molecule has 2 fully saturated rings. The second-order valence-corrected chi connectivity index (χ2v) is 6.19. The number of ketones is 1. The molecule has 0 aromatic rings. The molecule has 0 amide bonds. The van der Waals surface area contributed by atoms with Crippen molar-refractivity contribution in [1.82, 2.24) is 0 Å². The van der Waals surface area contributed by atoms with Gasteiger partial charge in [0.05, 0.1) is 6.10 Å². The predicted molar refractivity (Wildman–Crippen MR) is 54.8 cm³/mol. The molecule has 2 aliphatic carbocycles. The molecule has 1 N–H and O–H groups in total. The first-order valence-corrected chi connectivity index (χ1v) is 5.59. The van der Waals surface area contributed by atoms with Crippen molar-refractivity contribution < 1.29 is 9.90 Å². The third kappa shape index (κ3) is 1.60. The van der Waals surface area contributed by atoms with E-state index in [0.29, 0.717) is 17.6 Å². The van der Waals surface area contributed by atoms with Crippen molar-refractivity contribution in [3.8, 4) is 0 Å². The molecule has 4 atom stereocenters. The fraction of sp³-hybridized carbons (Fsp3) is 0.917. The van der Waals surface area contributed by atoms with Gasteiger partial charge in [-0.15, -0.1) is 0 Å². The molecule has 0 aromatic heterocycles. The Labute approximate surface area is 85.7 Å². The topological polar surface area (TPSA) is 37.3 Å². The van der Waals surface area contributed by atoms with Crippen molar-refractivity contribution in [2.45, 2.75) is 46.1 Å². The smallest absolute Gasteiger partial charge is 0.138 e. The summed E-state index contributed by atoms with van der Waals surface area (Å²) in [5.41, 5.74) is 0.263. The second kappa shape index (κ2) is 3.06. The van der Waals surface area contributed by atoms with Crippen LogP contribution in [0.3, 0.4) is 0 Å². The fourth-order valence-corrected chi connectivity index (χ4v) is 3.18. The largest absolute Gasteiger partial charge is 0.392 e. The van der Waals surface area contributed by atoms with E-state index >= 15 is 0 Å². The first-order valence-electron chi connectivity index (χ1n) is 5.59. The van der Waals surface area contributed by atoms with Gasteiger partial charge in [-0.25, -0.2) is 0 Å². The molecule has 2 bridgehead atoms. The van der Waals surface area contributed by atoms with Crippen LogP contribution in [0.5, 0.6) is 0 Å². The average molecular weight is 196 g/mol. The van der Waals surface area contributed by atoms with E-state index in [9.17, 15) is 9.90 Å². The van der Waals surface area contributed by atoms with Gasteiger partial charge in [0.2, 0.25) is 0 Å². The Morgan fingerprint density at radius 1 is 1.43 bits per heavy atom. The van der Waals surface area contributed by atoms with E-state index in [1.54, 1.807) is 0 Å². The maximum Gasteiger partial charge on any atom is 0.138 e. The van der Waals surface area contributed by atoms with E-state index in [0.717, 1.165) is 19.3 Å². The van der Waals surface area contributed by atoms with Crippen molar-refractivity contribution in [2.24, 2.45) is 23.2 Å². The summed E-state index contributed by atoms with van der Waals surface area (Å²) >= 11 is 0. The van der Waals surface area contributed by atoms with Crippen molar-refractivity contribution in [2.75, 3.05) is 0 Å². The highest BCUT2D eigenvalue weighted by atomic mass is 16.3. The maximum absolute atomic E-state index is 11.4. The minimum atomic E-state index is -0.347. The lowest BCUT2D eigenvalue weighted by molar-refractivity contribution is -0.127. The molecule has 2 nitrogen and oxygen atoms in total. The van der Waals surface area contributed by atoms with E-state index in [4.69, 9.17) is 0 Å². The molecule has 0 spiro atoms. The van der Waals surface area contributed by atoms with Crippen LogP contribution in [0.25, 0.3) is 0 Å². The first kappa shape index (κ1) is 10.2. The Balaban J connectivity index is 2.06. The third-order valence-corrected chi connectivity index (χ3v) is 3.74. The molecule has 4 unspecified atom stereocenters. The van der Waals surface area contributed by atoms with Gasteiger partial charge in [-0.05, 0) is 30.1 Å². The van der Waals surface area contributed by atoms with Crippen LogP contribution in [0.2, 0.25) is 0 Å². The Morgan fingerprint density at radius 2 is 2.07 bits per heavy atom. The molecule has 0 heterocycles. The normalized spacial score (nSPS) is 42.1. The second-order valence-electron chi connectivity index (χ2n) is 6.19. The molecular formula is C12H20O2. The van der Waals surface area contributed by atoms with Crippen molar-refractivity contribution in [3.05, 3.63) is 0 Å². The number of hydrogen-bond acceptors (Lipinski definition) is 2. The van der Waals surface area contributed by atoms with Crippen LogP contribution in [-0.2, 0) is 4.79 Å². The molecule has 2 aliphatic rings. The summed E-state index contributed by atoms with van der Waals surface area (Å²) in [6.07, 6.45) is 2.37. The summed E-state index contributed by atoms with van der Waals surface area (Å²) in [4.78, 5) is 11.4.